The van der Waals surface area contributed by atoms with Crippen LogP contribution in [-0.4, -0.2) is 45.3 Å². The molecular formula is C11H17ClN2O3S. The Balaban J connectivity index is 2.95. The number of sulfone groups is 1. The molecule has 0 amide bonds. The number of nitrogens with one attached hydrogen (secondary N) is 1. The molecule has 0 radical (unpaired) electrons. The van der Waals surface area contributed by atoms with E-state index < -0.39 is 9.84 Å². The van der Waals surface area contributed by atoms with Crippen molar-refractivity contribution in [1.82, 2.24) is 4.98 Å². The van der Waals surface area contributed by atoms with Crippen LogP contribution in [0.3, 0.4) is 0 Å². The van der Waals surface area contributed by atoms with E-state index in [4.69, 9.17) is 16.3 Å². The largest absolute Gasteiger partial charge is 0.383 e. The summed E-state index contributed by atoms with van der Waals surface area (Å²) in [5, 5.41) is 3.06. The Kier molecular flexibility index (Phi) is 5.84. The van der Waals surface area contributed by atoms with E-state index in [0.717, 1.165) is 6.26 Å². The summed E-state index contributed by atoms with van der Waals surface area (Å²) < 4.78 is 28.3. The minimum Gasteiger partial charge on any atom is -0.383 e. The minimum absolute atomic E-state index is 0.0668. The molecule has 0 spiro atoms. The van der Waals surface area contributed by atoms with E-state index in [0.29, 0.717) is 24.7 Å². The lowest BCUT2D eigenvalue weighted by molar-refractivity contribution is 0.184. The lowest BCUT2D eigenvalue weighted by Gasteiger charge is -2.18. The highest BCUT2D eigenvalue weighted by Crippen LogP contribution is 2.19. The fourth-order valence-corrected chi connectivity index (χ4v) is 2.57. The molecule has 0 saturated carbocycles. The monoisotopic (exact) mass is 292 g/mol. The van der Waals surface area contributed by atoms with Crippen molar-refractivity contribution >= 4 is 27.3 Å². The Morgan fingerprint density at radius 2 is 2.28 bits per heavy atom. The molecule has 0 bridgehead atoms. The van der Waals surface area contributed by atoms with E-state index in [2.05, 4.69) is 10.3 Å². The number of ether oxygens (including phenoxy) is 1. The first kappa shape index (κ1) is 15.2. The highest BCUT2D eigenvalue weighted by atomic mass is 35.5. The van der Waals surface area contributed by atoms with Crippen molar-refractivity contribution in [3.63, 3.8) is 0 Å². The van der Waals surface area contributed by atoms with Crippen molar-refractivity contribution in [1.29, 1.82) is 0 Å². The van der Waals surface area contributed by atoms with Gasteiger partial charge >= 0.3 is 0 Å². The summed E-state index contributed by atoms with van der Waals surface area (Å²) in [7, 11) is -1.73. The number of halogens is 1. The number of aromatic nitrogens is 1. The Bertz CT molecular complexity index is 473. The maximum atomic E-state index is 11.6. The molecule has 0 saturated heterocycles. The van der Waals surface area contributed by atoms with E-state index in [1.54, 1.807) is 19.4 Å². The van der Waals surface area contributed by atoms with Crippen LogP contribution in [0.2, 0.25) is 0 Å². The molecule has 1 N–H and O–H groups in total. The van der Waals surface area contributed by atoms with Crippen molar-refractivity contribution in [2.75, 3.05) is 31.2 Å². The Labute approximate surface area is 112 Å². The fraction of sp³-hybridized carbons (Fsp3) is 0.545. The zero-order valence-electron chi connectivity index (χ0n) is 10.4. The highest BCUT2D eigenvalue weighted by molar-refractivity contribution is 7.90. The van der Waals surface area contributed by atoms with Crippen molar-refractivity contribution in [2.24, 2.45) is 0 Å². The molecule has 0 aliphatic carbocycles. The first-order chi connectivity index (χ1) is 8.49. The van der Waals surface area contributed by atoms with Crippen LogP contribution in [-0.2, 0) is 14.6 Å². The third-order valence-electron chi connectivity index (χ3n) is 2.34. The molecular weight excluding hydrogens is 276 g/mol. The number of rotatable bonds is 7. The molecule has 18 heavy (non-hydrogen) atoms. The molecule has 0 fully saturated rings. The van der Waals surface area contributed by atoms with Gasteiger partial charge in [0.25, 0.3) is 0 Å². The number of hydrogen-bond acceptors (Lipinski definition) is 5. The fourth-order valence-electron chi connectivity index (χ4n) is 1.52. The Morgan fingerprint density at radius 1 is 1.56 bits per heavy atom. The van der Waals surface area contributed by atoms with Crippen LogP contribution in [0.25, 0.3) is 0 Å². The van der Waals surface area contributed by atoms with Crippen LogP contribution in [0.1, 0.15) is 6.42 Å². The maximum absolute atomic E-state index is 11.6. The molecule has 102 valence electrons. The molecule has 1 heterocycles. The van der Waals surface area contributed by atoms with E-state index in [-0.39, 0.29) is 10.9 Å². The Morgan fingerprint density at radius 3 is 2.83 bits per heavy atom. The van der Waals surface area contributed by atoms with Crippen LogP contribution in [0.15, 0.2) is 23.2 Å². The summed E-state index contributed by atoms with van der Waals surface area (Å²) in [5.74, 6) is 0.800. The van der Waals surface area contributed by atoms with Crippen molar-refractivity contribution in [2.45, 2.75) is 17.4 Å². The third kappa shape index (κ3) is 4.44. The zero-order valence-corrected chi connectivity index (χ0v) is 12.0. The number of hydrogen-bond donors (Lipinski definition) is 1. The van der Waals surface area contributed by atoms with Gasteiger partial charge in [-0.2, -0.15) is 0 Å². The van der Waals surface area contributed by atoms with Crippen LogP contribution in [0, 0.1) is 0 Å². The van der Waals surface area contributed by atoms with Crippen molar-refractivity contribution in [3.8, 4) is 0 Å². The van der Waals surface area contributed by atoms with Gasteiger partial charge in [0.05, 0.1) is 12.6 Å². The lowest BCUT2D eigenvalue weighted by atomic mass is 10.2. The summed E-state index contributed by atoms with van der Waals surface area (Å²) in [6.07, 6.45) is 3.36. The average Bonchev–Trinajstić information content (AvgIpc) is 2.29. The van der Waals surface area contributed by atoms with E-state index >= 15 is 0 Å². The maximum Gasteiger partial charge on any atom is 0.179 e. The van der Waals surface area contributed by atoms with Gasteiger partial charge < -0.3 is 10.1 Å². The number of anilines is 1. The van der Waals surface area contributed by atoms with E-state index in [9.17, 15) is 8.42 Å². The summed E-state index contributed by atoms with van der Waals surface area (Å²) in [6, 6.07) is 3.05. The van der Waals surface area contributed by atoms with Crippen LogP contribution in [0.4, 0.5) is 5.82 Å². The molecule has 0 aliphatic rings. The molecule has 1 aromatic heterocycles. The molecule has 0 aromatic carbocycles. The number of nitrogens with zero attached hydrogens (tertiary/aromatic N) is 1. The quantitative estimate of drug-likeness (QED) is 0.772. The van der Waals surface area contributed by atoms with Crippen LogP contribution >= 0.6 is 11.6 Å². The van der Waals surface area contributed by atoms with Crippen LogP contribution in [0.5, 0.6) is 0 Å². The first-order valence-corrected chi connectivity index (χ1v) is 7.88. The normalized spacial score (nSPS) is 13.3. The number of pyridine rings is 1. The smallest absolute Gasteiger partial charge is 0.179 e. The standard InChI is InChI=1S/C11H17ClN2O3S/c1-17-8-9(5-6-12)14-11-10(18(2,15)16)4-3-7-13-11/h3-4,7,9H,5-6,8H2,1-2H3,(H,13,14). The van der Waals surface area contributed by atoms with Gasteiger partial charge in [-0.05, 0) is 18.6 Å². The highest BCUT2D eigenvalue weighted by Gasteiger charge is 2.17. The number of alkyl halides is 1. The first-order valence-electron chi connectivity index (χ1n) is 5.45. The van der Waals surface area contributed by atoms with Crippen molar-refractivity contribution < 1.29 is 13.2 Å². The predicted octanol–water partition coefficient (Wildman–Crippen LogP) is 1.54. The van der Waals surface area contributed by atoms with Gasteiger partial charge in [-0.1, -0.05) is 0 Å². The predicted molar refractivity (Wildman–Crippen MR) is 72.0 cm³/mol. The van der Waals surface area contributed by atoms with E-state index in [1.165, 1.54) is 6.07 Å². The van der Waals surface area contributed by atoms with Gasteiger partial charge in [-0.15, -0.1) is 11.6 Å². The SMILES string of the molecule is COCC(CCCl)Nc1ncccc1S(C)(=O)=O. The third-order valence-corrected chi connectivity index (χ3v) is 3.68. The second-order valence-corrected chi connectivity index (χ2v) is 6.26. The summed E-state index contributed by atoms with van der Waals surface area (Å²) >= 11 is 5.69. The molecule has 1 rings (SSSR count). The van der Waals surface area contributed by atoms with Gasteiger partial charge in [0.1, 0.15) is 10.7 Å². The summed E-state index contributed by atoms with van der Waals surface area (Å²) in [6.45, 7) is 0.437. The number of methoxy groups -OCH3 is 1. The van der Waals surface area contributed by atoms with Gasteiger partial charge in [0.2, 0.25) is 0 Å². The minimum atomic E-state index is -3.31. The molecule has 1 atom stereocenters. The topological polar surface area (TPSA) is 68.3 Å². The van der Waals surface area contributed by atoms with Crippen LogP contribution < -0.4 is 5.32 Å². The second-order valence-electron chi connectivity index (χ2n) is 3.90. The molecule has 1 aromatic rings. The van der Waals surface area contributed by atoms with Gasteiger partial charge in [0.15, 0.2) is 9.84 Å². The summed E-state index contributed by atoms with van der Waals surface area (Å²) in [4.78, 5) is 4.24. The van der Waals surface area contributed by atoms with Gasteiger partial charge in [0, 0.05) is 25.4 Å². The van der Waals surface area contributed by atoms with E-state index in [1.807, 2.05) is 0 Å². The summed E-state index contributed by atoms with van der Waals surface area (Å²) in [5.41, 5.74) is 0. The zero-order chi connectivity index (χ0) is 13.6. The molecule has 7 heteroatoms. The van der Waals surface area contributed by atoms with Gasteiger partial charge in [-0.25, -0.2) is 13.4 Å². The second kappa shape index (κ2) is 6.92. The Hall–Kier alpha value is -0.850. The van der Waals surface area contributed by atoms with Crippen molar-refractivity contribution in [3.05, 3.63) is 18.3 Å². The van der Waals surface area contributed by atoms with Gasteiger partial charge in [-0.3, -0.25) is 0 Å². The average molecular weight is 293 g/mol. The lowest BCUT2D eigenvalue weighted by Crippen LogP contribution is -2.27. The molecule has 0 aliphatic heterocycles. The molecule has 1 unspecified atom stereocenters. The molecule has 5 nitrogen and oxygen atoms in total.